The molecule has 102 valence electrons. The van der Waals surface area contributed by atoms with E-state index in [1.54, 1.807) is 0 Å². The molecule has 0 spiro atoms. The van der Waals surface area contributed by atoms with Crippen molar-refractivity contribution in [3.8, 4) is 0 Å². The van der Waals surface area contributed by atoms with Crippen molar-refractivity contribution in [3.63, 3.8) is 0 Å². The van der Waals surface area contributed by atoms with Crippen molar-refractivity contribution < 1.29 is 0 Å². The largest absolute Gasteiger partial charge is 0.271 e. The number of halogens is 1. The number of nitrogens with one attached hydrogen (secondary N) is 1. The number of nitrogens with zero attached hydrogens (tertiary/aromatic N) is 2. The monoisotopic (exact) mass is 314 g/mol. The smallest absolute Gasteiger partial charge is 0.0766 e. The van der Waals surface area contributed by atoms with Crippen LogP contribution in [0, 0.1) is 5.41 Å². The number of aryl methyl sites for hydroxylation is 2. The summed E-state index contributed by atoms with van der Waals surface area (Å²) in [6.45, 7) is 7.48. The maximum atomic E-state index is 5.73. The summed E-state index contributed by atoms with van der Waals surface area (Å²) in [7, 11) is 0. The van der Waals surface area contributed by atoms with Gasteiger partial charge in [-0.05, 0) is 47.5 Å². The van der Waals surface area contributed by atoms with Crippen LogP contribution in [-0.2, 0) is 19.4 Å². The summed E-state index contributed by atoms with van der Waals surface area (Å²) in [6.07, 6.45) is 4.42. The molecule has 1 fully saturated rings. The molecule has 2 rings (SSSR count). The number of rotatable bonds is 6. The molecular weight excluding hydrogens is 292 g/mol. The van der Waals surface area contributed by atoms with E-state index in [4.69, 9.17) is 5.84 Å². The fourth-order valence-corrected chi connectivity index (χ4v) is 3.18. The number of hydrazine groups is 1. The average molecular weight is 315 g/mol. The maximum absolute atomic E-state index is 5.73. The molecule has 0 bridgehead atoms. The van der Waals surface area contributed by atoms with Crippen molar-refractivity contribution in [1.82, 2.24) is 15.2 Å². The SMILES string of the molecule is CCc1nn(CC)c(CC(NN)C2(C)CC2)c1Br. The highest BCUT2D eigenvalue weighted by Crippen LogP contribution is 2.49. The summed E-state index contributed by atoms with van der Waals surface area (Å²) in [4.78, 5) is 0. The Labute approximate surface area is 117 Å². The molecule has 0 amide bonds. The lowest BCUT2D eigenvalue weighted by molar-refractivity contribution is 0.351. The minimum absolute atomic E-state index is 0.334. The molecule has 1 unspecified atom stereocenters. The van der Waals surface area contributed by atoms with Gasteiger partial charge in [-0.25, -0.2) is 0 Å². The zero-order valence-electron chi connectivity index (χ0n) is 11.5. The van der Waals surface area contributed by atoms with Crippen LogP contribution >= 0.6 is 15.9 Å². The van der Waals surface area contributed by atoms with E-state index in [2.05, 4.69) is 51.9 Å². The minimum atomic E-state index is 0.334. The molecule has 1 aromatic rings. The third-order valence-corrected chi connectivity index (χ3v) is 5.09. The highest BCUT2D eigenvalue weighted by molar-refractivity contribution is 9.10. The van der Waals surface area contributed by atoms with Gasteiger partial charge in [0.05, 0.1) is 15.9 Å². The first-order valence-corrected chi connectivity index (χ1v) is 7.55. The van der Waals surface area contributed by atoms with Crippen LogP contribution in [0.1, 0.15) is 45.0 Å². The number of hydrogen-bond donors (Lipinski definition) is 2. The van der Waals surface area contributed by atoms with Crippen LogP contribution in [0.15, 0.2) is 4.47 Å². The Bertz CT molecular complexity index is 423. The fourth-order valence-electron chi connectivity index (χ4n) is 2.46. The zero-order chi connectivity index (χ0) is 13.3. The minimum Gasteiger partial charge on any atom is -0.271 e. The van der Waals surface area contributed by atoms with E-state index < -0.39 is 0 Å². The highest BCUT2D eigenvalue weighted by atomic mass is 79.9. The lowest BCUT2D eigenvalue weighted by Crippen LogP contribution is -2.43. The second kappa shape index (κ2) is 5.31. The van der Waals surface area contributed by atoms with E-state index in [0.29, 0.717) is 11.5 Å². The van der Waals surface area contributed by atoms with Crippen molar-refractivity contribution in [2.75, 3.05) is 0 Å². The van der Waals surface area contributed by atoms with Crippen molar-refractivity contribution in [2.45, 2.75) is 59.0 Å². The molecule has 1 aliphatic carbocycles. The van der Waals surface area contributed by atoms with Gasteiger partial charge in [-0.2, -0.15) is 5.10 Å². The van der Waals surface area contributed by atoms with E-state index in [-0.39, 0.29) is 0 Å². The van der Waals surface area contributed by atoms with Crippen LogP contribution in [0.5, 0.6) is 0 Å². The van der Waals surface area contributed by atoms with Gasteiger partial charge >= 0.3 is 0 Å². The van der Waals surface area contributed by atoms with E-state index >= 15 is 0 Å². The summed E-state index contributed by atoms with van der Waals surface area (Å²) in [5, 5.41) is 4.64. The molecule has 1 heterocycles. The van der Waals surface area contributed by atoms with Gasteiger partial charge in [0.25, 0.3) is 0 Å². The molecular formula is C13H23BrN4. The fraction of sp³-hybridized carbons (Fsp3) is 0.769. The van der Waals surface area contributed by atoms with Crippen molar-refractivity contribution >= 4 is 15.9 Å². The first kappa shape index (κ1) is 14.0. The molecule has 4 nitrogen and oxygen atoms in total. The van der Waals surface area contributed by atoms with Crippen molar-refractivity contribution in [1.29, 1.82) is 0 Å². The Morgan fingerprint density at radius 1 is 1.50 bits per heavy atom. The van der Waals surface area contributed by atoms with Crippen LogP contribution in [-0.4, -0.2) is 15.8 Å². The summed E-state index contributed by atoms with van der Waals surface area (Å²) in [5.41, 5.74) is 5.77. The third kappa shape index (κ3) is 2.49. The molecule has 18 heavy (non-hydrogen) atoms. The van der Waals surface area contributed by atoms with Crippen LogP contribution in [0.2, 0.25) is 0 Å². The van der Waals surface area contributed by atoms with Crippen molar-refractivity contribution in [3.05, 3.63) is 15.9 Å². The Morgan fingerprint density at radius 3 is 2.61 bits per heavy atom. The predicted octanol–water partition coefficient (Wildman–Crippen LogP) is 2.40. The van der Waals surface area contributed by atoms with Gasteiger partial charge in [-0.15, -0.1) is 0 Å². The highest BCUT2D eigenvalue weighted by Gasteiger charge is 2.44. The molecule has 1 atom stereocenters. The van der Waals surface area contributed by atoms with Crippen LogP contribution in [0.3, 0.4) is 0 Å². The van der Waals surface area contributed by atoms with E-state index in [1.807, 2.05) is 0 Å². The summed E-state index contributed by atoms with van der Waals surface area (Å²) in [5.74, 6) is 5.73. The average Bonchev–Trinajstić information content (AvgIpc) is 3.03. The predicted molar refractivity (Wildman–Crippen MR) is 77.1 cm³/mol. The van der Waals surface area contributed by atoms with Crippen LogP contribution in [0.4, 0.5) is 0 Å². The Hall–Kier alpha value is -0.390. The van der Waals surface area contributed by atoms with Gasteiger partial charge in [0.15, 0.2) is 0 Å². The molecule has 0 radical (unpaired) electrons. The molecule has 1 aromatic heterocycles. The summed E-state index contributed by atoms with van der Waals surface area (Å²) < 4.78 is 3.26. The maximum Gasteiger partial charge on any atom is 0.0766 e. The first-order chi connectivity index (χ1) is 8.55. The second-order valence-corrected chi connectivity index (χ2v) is 6.25. The van der Waals surface area contributed by atoms with Gasteiger partial charge < -0.3 is 0 Å². The molecule has 0 aliphatic heterocycles. The van der Waals surface area contributed by atoms with E-state index in [9.17, 15) is 0 Å². The molecule has 3 N–H and O–H groups in total. The summed E-state index contributed by atoms with van der Waals surface area (Å²) >= 11 is 3.70. The van der Waals surface area contributed by atoms with Gasteiger partial charge in [-0.3, -0.25) is 16.0 Å². The van der Waals surface area contributed by atoms with Crippen LogP contribution < -0.4 is 11.3 Å². The Balaban J connectivity index is 2.24. The molecule has 0 aromatic carbocycles. The van der Waals surface area contributed by atoms with Crippen molar-refractivity contribution in [2.24, 2.45) is 11.3 Å². The van der Waals surface area contributed by atoms with Gasteiger partial charge in [0.1, 0.15) is 0 Å². The lowest BCUT2D eigenvalue weighted by atomic mass is 9.95. The normalized spacial score (nSPS) is 18.9. The number of aromatic nitrogens is 2. The van der Waals surface area contributed by atoms with E-state index in [1.165, 1.54) is 18.5 Å². The topological polar surface area (TPSA) is 55.9 Å². The Morgan fingerprint density at radius 2 is 2.17 bits per heavy atom. The standard InChI is InChI=1S/C13H23BrN4/c1-4-9-12(14)10(18(5-2)17-9)8-11(16-15)13(3)6-7-13/h11,16H,4-8,15H2,1-3H3. The van der Waals surface area contributed by atoms with Gasteiger partial charge in [0.2, 0.25) is 0 Å². The number of hydrogen-bond acceptors (Lipinski definition) is 3. The Kier molecular flexibility index (Phi) is 4.14. The molecule has 5 heteroatoms. The molecule has 1 saturated carbocycles. The lowest BCUT2D eigenvalue weighted by Gasteiger charge is -2.23. The van der Waals surface area contributed by atoms with E-state index in [0.717, 1.165) is 29.6 Å². The first-order valence-electron chi connectivity index (χ1n) is 6.76. The van der Waals surface area contributed by atoms with Gasteiger partial charge in [-0.1, -0.05) is 13.8 Å². The quantitative estimate of drug-likeness (QED) is 0.626. The second-order valence-electron chi connectivity index (χ2n) is 5.45. The van der Waals surface area contributed by atoms with Crippen LogP contribution in [0.25, 0.3) is 0 Å². The zero-order valence-corrected chi connectivity index (χ0v) is 13.0. The molecule has 1 aliphatic rings. The number of nitrogens with two attached hydrogens (primary N) is 1. The third-order valence-electron chi connectivity index (χ3n) is 4.17. The van der Waals surface area contributed by atoms with Gasteiger partial charge in [0, 0.05) is 19.0 Å². The molecule has 0 saturated heterocycles. The summed E-state index contributed by atoms with van der Waals surface area (Å²) in [6, 6.07) is 0.334.